The van der Waals surface area contributed by atoms with E-state index in [1.165, 1.54) is 25.7 Å². The number of piperazine rings is 1. The first kappa shape index (κ1) is 18.5. The van der Waals surface area contributed by atoms with E-state index >= 15 is 0 Å². The van der Waals surface area contributed by atoms with Crippen LogP contribution in [0.25, 0.3) is 0 Å². The Morgan fingerprint density at radius 1 is 1.04 bits per heavy atom. The highest BCUT2D eigenvalue weighted by Gasteiger charge is 2.27. The quantitative estimate of drug-likeness (QED) is 0.745. The molecule has 0 aromatic carbocycles. The number of carbonyl (C=O) groups excluding carboxylic acids is 2. The number of aromatic nitrogens is 1. The molecule has 2 amide bonds. The van der Waals surface area contributed by atoms with E-state index in [1.807, 2.05) is 4.90 Å². The summed E-state index contributed by atoms with van der Waals surface area (Å²) in [6, 6.07) is 3.13. The molecule has 2 aliphatic rings. The summed E-state index contributed by atoms with van der Waals surface area (Å²) < 4.78 is 0. The zero-order valence-corrected chi connectivity index (χ0v) is 15.7. The second-order valence-corrected chi connectivity index (χ2v) is 7.62. The van der Waals surface area contributed by atoms with Gasteiger partial charge in [0.2, 0.25) is 5.91 Å². The Hall–Kier alpha value is -1.33. The maximum absolute atomic E-state index is 12.6. The lowest BCUT2D eigenvalue weighted by Gasteiger charge is -2.35. The lowest BCUT2D eigenvalue weighted by Crippen LogP contribution is -2.50. The van der Waals surface area contributed by atoms with Crippen LogP contribution >= 0.6 is 23.2 Å². The fourth-order valence-corrected chi connectivity index (χ4v) is 4.00. The van der Waals surface area contributed by atoms with Gasteiger partial charge in [0.15, 0.2) is 0 Å². The van der Waals surface area contributed by atoms with Gasteiger partial charge in [0, 0.05) is 32.6 Å². The minimum atomic E-state index is -0.231. The van der Waals surface area contributed by atoms with Crippen LogP contribution in [0.1, 0.15) is 49.0 Å². The lowest BCUT2D eigenvalue weighted by atomic mass is 10.0. The third-order valence-corrected chi connectivity index (χ3v) is 5.69. The molecule has 2 heterocycles. The van der Waals surface area contributed by atoms with Crippen molar-refractivity contribution in [1.82, 2.24) is 14.8 Å². The molecule has 0 unspecified atom stereocenters. The van der Waals surface area contributed by atoms with Gasteiger partial charge in [-0.2, -0.15) is 0 Å². The SMILES string of the molecule is O=C(CCC1CCCC1)N1CCN(C(=O)c2nc(Cl)ccc2Cl)CC1. The Morgan fingerprint density at radius 2 is 1.68 bits per heavy atom. The largest absolute Gasteiger partial charge is 0.339 e. The highest BCUT2D eigenvalue weighted by atomic mass is 35.5. The van der Waals surface area contributed by atoms with E-state index in [4.69, 9.17) is 23.2 Å². The molecule has 136 valence electrons. The van der Waals surface area contributed by atoms with Crippen LogP contribution in [0.4, 0.5) is 0 Å². The first-order valence-corrected chi connectivity index (χ1v) is 9.69. The Balaban J connectivity index is 1.50. The van der Waals surface area contributed by atoms with Crippen LogP contribution in [0, 0.1) is 5.92 Å². The lowest BCUT2D eigenvalue weighted by molar-refractivity contribution is -0.133. The van der Waals surface area contributed by atoms with Gasteiger partial charge in [-0.05, 0) is 24.5 Å². The van der Waals surface area contributed by atoms with Crippen molar-refractivity contribution in [2.75, 3.05) is 26.2 Å². The molecule has 0 atom stereocenters. The molecule has 5 nitrogen and oxygen atoms in total. The normalized spacial score (nSPS) is 18.6. The van der Waals surface area contributed by atoms with E-state index in [0.29, 0.717) is 37.6 Å². The molecule has 0 spiro atoms. The van der Waals surface area contributed by atoms with E-state index in [2.05, 4.69) is 4.98 Å². The molecule has 25 heavy (non-hydrogen) atoms. The van der Waals surface area contributed by atoms with Crippen molar-refractivity contribution >= 4 is 35.0 Å². The van der Waals surface area contributed by atoms with Gasteiger partial charge in [-0.1, -0.05) is 48.9 Å². The predicted octanol–water partition coefficient (Wildman–Crippen LogP) is 3.64. The van der Waals surface area contributed by atoms with Crippen LogP contribution in [0.5, 0.6) is 0 Å². The first-order chi connectivity index (χ1) is 12.0. The summed E-state index contributed by atoms with van der Waals surface area (Å²) in [6.07, 6.45) is 6.77. The van der Waals surface area contributed by atoms with Crippen molar-refractivity contribution in [2.24, 2.45) is 5.92 Å². The van der Waals surface area contributed by atoms with Crippen LogP contribution in [-0.2, 0) is 4.79 Å². The summed E-state index contributed by atoms with van der Waals surface area (Å²) >= 11 is 11.9. The number of hydrogen-bond donors (Lipinski definition) is 0. The Bertz CT molecular complexity index is 639. The molecule has 1 aliphatic heterocycles. The standard InChI is InChI=1S/C18H23Cl2N3O2/c19-14-6-7-15(20)21-17(14)18(25)23-11-9-22(10-12-23)16(24)8-5-13-3-1-2-4-13/h6-7,13H,1-5,8-12H2. The molecule has 7 heteroatoms. The van der Waals surface area contributed by atoms with Gasteiger partial charge in [-0.25, -0.2) is 4.98 Å². The van der Waals surface area contributed by atoms with Crippen molar-refractivity contribution in [3.8, 4) is 0 Å². The number of amides is 2. The van der Waals surface area contributed by atoms with Crippen molar-refractivity contribution in [2.45, 2.75) is 38.5 Å². The van der Waals surface area contributed by atoms with E-state index < -0.39 is 0 Å². The number of hydrogen-bond acceptors (Lipinski definition) is 3. The van der Waals surface area contributed by atoms with E-state index in [0.717, 1.165) is 12.3 Å². The average Bonchev–Trinajstić information content (AvgIpc) is 3.15. The fourth-order valence-electron chi connectivity index (χ4n) is 3.66. The minimum absolute atomic E-state index is 0.176. The number of halogens is 2. The topological polar surface area (TPSA) is 53.5 Å². The van der Waals surface area contributed by atoms with Crippen LogP contribution < -0.4 is 0 Å². The van der Waals surface area contributed by atoms with E-state index in [9.17, 15) is 9.59 Å². The number of nitrogens with zero attached hydrogens (tertiary/aromatic N) is 3. The monoisotopic (exact) mass is 383 g/mol. The maximum atomic E-state index is 12.6. The number of carbonyl (C=O) groups is 2. The van der Waals surface area contributed by atoms with Crippen molar-refractivity contribution in [3.63, 3.8) is 0 Å². The van der Waals surface area contributed by atoms with E-state index in [-0.39, 0.29) is 22.7 Å². The van der Waals surface area contributed by atoms with Gasteiger partial charge >= 0.3 is 0 Å². The second-order valence-electron chi connectivity index (χ2n) is 6.83. The Kier molecular flexibility index (Phi) is 6.18. The highest BCUT2D eigenvalue weighted by Crippen LogP contribution is 2.28. The summed E-state index contributed by atoms with van der Waals surface area (Å²) in [7, 11) is 0. The first-order valence-electron chi connectivity index (χ1n) is 8.93. The van der Waals surface area contributed by atoms with Gasteiger partial charge in [0.05, 0.1) is 5.02 Å². The summed E-state index contributed by atoms with van der Waals surface area (Å²) in [5.41, 5.74) is 0.176. The van der Waals surface area contributed by atoms with Gasteiger partial charge in [0.25, 0.3) is 5.91 Å². The Morgan fingerprint density at radius 3 is 2.36 bits per heavy atom. The Labute approximate surface area is 158 Å². The number of rotatable bonds is 4. The fraction of sp³-hybridized carbons (Fsp3) is 0.611. The molecule has 1 saturated heterocycles. The molecule has 3 rings (SSSR count). The highest BCUT2D eigenvalue weighted by molar-refractivity contribution is 6.34. The number of pyridine rings is 1. The van der Waals surface area contributed by atoms with Gasteiger partial charge in [0.1, 0.15) is 10.8 Å². The third kappa shape index (κ3) is 4.64. The van der Waals surface area contributed by atoms with Gasteiger partial charge in [-0.3, -0.25) is 9.59 Å². The zero-order chi connectivity index (χ0) is 17.8. The molecule has 1 saturated carbocycles. The van der Waals surface area contributed by atoms with Crippen molar-refractivity contribution < 1.29 is 9.59 Å². The molecule has 0 radical (unpaired) electrons. The summed E-state index contributed by atoms with van der Waals surface area (Å²) in [4.78, 5) is 32.5. The molecule has 1 aromatic rings. The molecular formula is C18H23Cl2N3O2. The van der Waals surface area contributed by atoms with Crippen LogP contribution in [-0.4, -0.2) is 52.8 Å². The van der Waals surface area contributed by atoms with Gasteiger partial charge < -0.3 is 9.80 Å². The molecule has 1 aromatic heterocycles. The summed E-state index contributed by atoms with van der Waals surface area (Å²) in [6.45, 7) is 2.12. The van der Waals surface area contributed by atoms with Crippen molar-refractivity contribution in [1.29, 1.82) is 0 Å². The maximum Gasteiger partial charge on any atom is 0.274 e. The van der Waals surface area contributed by atoms with Crippen LogP contribution in [0.3, 0.4) is 0 Å². The molecule has 2 fully saturated rings. The average molecular weight is 384 g/mol. The van der Waals surface area contributed by atoms with Crippen molar-refractivity contribution in [3.05, 3.63) is 28.0 Å². The third-order valence-electron chi connectivity index (χ3n) is 5.18. The molecule has 1 aliphatic carbocycles. The second kappa shape index (κ2) is 8.37. The molecule has 0 N–H and O–H groups in total. The van der Waals surface area contributed by atoms with Crippen LogP contribution in [0.2, 0.25) is 10.2 Å². The minimum Gasteiger partial charge on any atom is -0.339 e. The summed E-state index contributed by atoms with van der Waals surface area (Å²) in [5, 5.41) is 0.540. The smallest absolute Gasteiger partial charge is 0.274 e. The summed E-state index contributed by atoms with van der Waals surface area (Å²) in [5.74, 6) is 0.700. The van der Waals surface area contributed by atoms with Gasteiger partial charge in [-0.15, -0.1) is 0 Å². The zero-order valence-electron chi connectivity index (χ0n) is 14.2. The van der Waals surface area contributed by atoms with Crippen LogP contribution in [0.15, 0.2) is 12.1 Å². The van der Waals surface area contributed by atoms with E-state index in [1.54, 1.807) is 17.0 Å². The molecular weight excluding hydrogens is 361 g/mol. The predicted molar refractivity (Wildman–Crippen MR) is 97.9 cm³/mol. The molecule has 0 bridgehead atoms.